The van der Waals surface area contributed by atoms with Crippen molar-refractivity contribution in [2.75, 3.05) is 0 Å². The average molecular weight is 216 g/mol. The zero-order valence-corrected chi connectivity index (χ0v) is 9.69. The quantitative estimate of drug-likeness (QED) is 0.709. The van der Waals surface area contributed by atoms with Gasteiger partial charge < -0.3 is 4.79 Å². The van der Waals surface area contributed by atoms with E-state index in [2.05, 4.69) is 0 Å². The summed E-state index contributed by atoms with van der Waals surface area (Å²) in [5, 5.41) is 0. The molecule has 0 saturated carbocycles. The van der Waals surface area contributed by atoms with E-state index in [-0.39, 0.29) is 11.6 Å². The van der Waals surface area contributed by atoms with E-state index in [9.17, 15) is 9.59 Å². The van der Waals surface area contributed by atoms with E-state index < -0.39 is 0 Å². The second-order valence-corrected chi connectivity index (χ2v) is 3.86. The predicted molar refractivity (Wildman–Crippen MR) is 65.0 cm³/mol. The number of benzene rings is 1. The van der Waals surface area contributed by atoms with Gasteiger partial charge in [0.05, 0.1) is 0 Å². The summed E-state index contributed by atoms with van der Waals surface area (Å²) in [7, 11) is 0. The Labute approximate surface area is 96.0 Å². The topological polar surface area (TPSA) is 34.1 Å². The summed E-state index contributed by atoms with van der Waals surface area (Å²) in [6.45, 7) is 3.29. The Hall–Kier alpha value is -1.70. The van der Waals surface area contributed by atoms with Crippen molar-refractivity contribution in [2.24, 2.45) is 0 Å². The van der Waals surface area contributed by atoms with Crippen molar-refractivity contribution in [3.05, 3.63) is 41.5 Å². The SMILES string of the molecule is CC(=O)CCC(=O)C(C)=Cc1ccccc1. The number of ketones is 2. The Balaban J connectivity index is 2.63. The zero-order chi connectivity index (χ0) is 12.0. The molecule has 0 spiro atoms. The minimum atomic E-state index is 0.0408. The van der Waals surface area contributed by atoms with Crippen molar-refractivity contribution < 1.29 is 9.59 Å². The number of Topliss-reactive ketones (excluding diaryl/α,β-unsaturated/α-hetero) is 2. The van der Waals surface area contributed by atoms with E-state index >= 15 is 0 Å². The monoisotopic (exact) mass is 216 g/mol. The van der Waals surface area contributed by atoms with Gasteiger partial charge in [0.1, 0.15) is 5.78 Å². The average Bonchev–Trinajstić information content (AvgIpc) is 2.27. The Bertz CT molecular complexity index is 402. The van der Waals surface area contributed by atoms with Gasteiger partial charge in [0.25, 0.3) is 0 Å². The summed E-state index contributed by atoms with van der Waals surface area (Å²) in [6.07, 6.45) is 2.49. The van der Waals surface area contributed by atoms with Crippen LogP contribution in [-0.4, -0.2) is 11.6 Å². The number of carbonyl (C=O) groups excluding carboxylic acids is 2. The van der Waals surface area contributed by atoms with Crippen LogP contribution in [0.25, 0.3) is 6.08 Å². The highest BCUT2D eigenvalue weighted by Gasteiger charge is 2.05. The van der Waals surface area contributed by atoms with Crippen LogP contribution in [0.4, 0.5) is 0 Å². The van der Waals surface area contributed by atoms with Crippen molar-refractivity contribution in [2.45, 2.75) is 26.7 Å². The molecule has 0 fully saturated rings. The van der Waals surface area contributed by atoms with Gasteiger partial charge in [0.2, 0.25) is 0 Å². The van der Waals surface area contributed by atoms with Crippen LogP contribution < -0.4 is 0 Å². The minimum Gasteiger partial charge on any atom is -0.300 e. The molecule has 0 atom stereocenters. The highest BCUT2D eigenvalue weighted by Crippen LogP contribution is 2.09. The molecule has 0 bridgehead atoms. The van der Waals surface area contributed by atoms with Crippen LogP contribution in [-0.2, 0) is 9.59 Å². The lowest BCUT2D eigenvalue weighted by Gasteiger charge is -1.99. The second kappa shape index (κ2) is 6.01. The van der Waals surface area contributed by atoms with Gasteiger partial charge in [-0.15, -0.1) is 0 Å². The van der Waals surface area contributed by atoms with Gasteiger partial charge in [-0.25, -0.2) is 0 Å². The summed E-state index contributed by atoms with van der Waals surface area (Å²) >= 11 is 0. The Kier molecular flexibility index (Phi) is 4.65. The van der Waals surface area contributed by atoms with Gasteiger partial charge in [-0.3, -0.25) is 4.79 Å². The molecule has 0 aromatic heterocycles. The van der Waals surface area contributed by atoms with Gasteiger partial charge in [-0.05, 0) is 31.1 Å². The third-order valence-corrected chi connectivity index (χ3v) is 2.33. The first-order chi connectivity index (χ1) is 7.59. The maximum atomic E-state index is 11.6. The first kappa shape index (κ1) is 12.4. The van der Waals surface area contributed by atoms with E-state index in [0.717, 1.165) is 5.56 Å². The molecule has 0 aliphatic rings. The molecule has 2 heteroatoms. The highest BCUT2D eigenvalue weighted by molar-refractivity contribution is 6.00. The van der Waals surface area contributed by atoms with Crippen LogP contribution in [0.3, 0.4) is 0 Å². The Morgan fingerprint density at radius 3 is 2.25 bits per heavy atom. The smallest absolute Gasteiger partial charge is 0.159 e. The maximum Gasteiger partial charge on any atom is 0.159 e. The molecular weight excluding hydrogens is 200 g/mol. The summed E-state index contributed by atoms with van der Waals surface area (Å²) < 4.78 is 0. The highest BCUT2D eigenvalue weighted by atomic mass is 16.1. The molecule has 2 nitrogen and oxygen atoms in total. The minimum absolute atomic E-state index is 0.0408. The summed E-state index contributed by atoms with van der Waals surface area (Å²) in [5.41, 5.74) is 1.71. The van der Waals surface area contributed by atoms with Gasteiger partial charge in [-0.2, -0.15) is 0 Å². The molecule has 1 aromatic carbocycles. The van der Waals surface area contributed by atoms with Crippen molar-refractivity contribution in [1.82, 2.24) is 0 Å². The van der Waals surface area contributed by atoms with Crippen LogP contribution in [0.15, 0.2) is 35.9 Å². The van der Waals surface area contributed by atoms with Crippen molar-refractivity contribution in [1.29, 1.82) is 0 Å². The molecule has 0 aliphatic heterocycles. The fourth-order valence-electron chi connectivity index (χ4n) is 1.37. The molecule has 0 N–H and O–H groups in total. The van der Waals surface area contributed by atoms with Crippen LogP contribution in [0.1, 0.15) is 32.3 Å². The van der Waals surface area contributed by atoms with E-state index in [4.69, 9.17) is 0 Å². The molecule has 0 amide bonds. The van der Waals surface area contributed by atoms with Crippen molar-refractivity contribution in [3.63, 3.8) is 0 Å². The first-order valence-corrected chi connectivity index (χ1v) is 5.35. The first-order valence-electron chi connectivity index (χ1n) is 5.35. The third-order valence-electron chi connectivity index (χ3n) is 2.33. The summed E-state index contributed by atoms with van der Waals surface area (Å²) in [6, 6.07) is 9.69. The lowest BCUT2D eigenvalue weighted by molar-refractivity contribution is -0.121. The molecule has 0 saturated heterocycles. The summed E-state index contributed by atoms with van der Waals surface area (Å²) in [4.78, 5) is 22.4. The van der Waals surface area contributed by atoms with E-state index in [1.807, 2.05) is 36.4 Å². The lowest BCUT2D eigenvalue weighted by atomic mass is 10.0. The van der Waals surface area contributed by atoms with Gasteiger partial charge in [0, 0.05) is 12.8 Å². The molecular formula is C14H16O2. The fourth-order valence-corrected chi connectivity index (χ4v) is 1.37. The zero-order valence-electron chi connectivity index (χ0n) is 9.69. The third kappa shape index (κ3) is 4.22. The van der Waals surface area contributed by atoms with Crippen LogP contribution in [0.5, 0.6) is 0 Å². The molecule has 1 rings (SSSR count). The van der Waals surface area contributed by atoms with E-state index in [1.54, 1.807) is 6.92 Å². The van der Waals surface area contributed by atoms with Crippen LogP contribution >= 0.6 is 0 Å². The predicted octanol–water partition coefficient (Wildman–Crippen LogP) is 3.03. The van der Waals surface area contributed by atoms with Gasteiger partial charge >= 0.3 is 0 Å². The number of hydrogen-bond acceptors (Lipinski definition) is 2. The maximum absolute atomic E-state index is 11.6. The van der Waals surface area contributed by atoms with Gasteiger partial charge in [0.15, 0.2) is 5.78 Å². The number of carbonyl (C=O) groups is 2. The fraction of sp³-hybridized carbons (Fsp3) is 0.286. The molecule has 0 heterocycles. The van der Waals surface area contributed by atoms with E-state index in [1.165, 1.54) is 6.92 Å². The van der Waals surface area contributed by atoms with E-state index in [0.29, 0.717) is 18.4 Å². The molecule has 84 valence electrons. The normalized spacial score (nSPS) is 11.2. The number of rotatable bonds is 5. The van der Waals surface area contributed by atoms with Crippen molar-refractivity contribution >= 4 is 17.6 Å². The Morgan fingerprint density at radius 2 is 1.69 bits per heavy atom. The standard InChI is InChI=1S/C14H16O2/c1-11(14(16)9-8-12(2)15)10-13-6-4-3-5-7-13/h3-7,10H,8-9H2,1-2H3. The molecule has 1 aromatic rings. The van der Waals surface area contributed by atoms with Crippen LogP contribution in [0, 0.1) is 0 Å². The Morgan fingerprint density at radius 1 is 1.06 bits per heavy atom. The molecule has 0 aliphatic carbocycles. The van der Waals surface area contributed by atoms with Crippen LogP contribution in [0.2, 0.25) is 0 Å². The molecule has 0 unspecified atom stereocenters. The van der Waals surface area contributed by atoms with Crippen molar-refractivity contribution in [3.8, 4) is 0 Å². The second-order valence-electron chi connectivity index (χ2n) is 3.86. The largest absolute Gasteiger partial charge is 0.300 e. The lowest BCUT2D eigenvalue weighted by Crippen LogP contribution is -2.02. The summed E-state index contributed by atoms with van der Waals surface area (Å²) in [5.74, 6) is 0.0971. The number of allylic oxidation sites excluding steroid dienone is 1. The van der Waals surface area contributed by atoms with Gasteiger partial charge in [-0.1, -0.05) is 30.3 Å². The number of hydrogen-bond donors (Lipinski definition) is 0. The molecule has 16 heavy (non-hydrogen) atoms. The molecule has 0 radical (unpaired) electrons.